The first-order valence-electron chi connectivity index (χ1n) is 10.6. The molecule has 1 heterocycles. The maximum absolute atomic E-state index is 14.4. The van der Waals surface area contributed by atoms with E-state index < -0.39 is 5.82 Å². The molecule has 0 radical (unpaired) electrons. The first kappa shape index (κ1) is 24.1. The number of hydrogen-bond donors (Lipinski definition) is 2. The minimum Gasteiger partial charge on any atom is -0.338 e. The molecule has 0 unspecified atom stereocenters. The molecule has 174 valence electrons. The molecule has 8 nitrogen and oxygen atoms in total. The highest BCUT2D eigenvalue weighted by atomic mass is 19.1. The summed E-state index contributed by atoms with van der Waals surface area (Å²) >= 11 is 0. The highest BCUT2D eigenvalue weighted by Crippen LogP contribution is 2.22. The molecule has 3 rings (SSSR count). The molecule has 0 fully saturated rings. The quantitative estimate of drug-likeness (QED) is 0.446. The topological polar surface area (TPSA) is 82.6 Å². The Balaban J connectivity index is 1.72. The molecule has 2 N–H and O–H groups in total. The lowest BCUT2D eigenvalue weighted by molar-refractivity contribution is -0.0756. The summed E-state index contributed by atoms with van der Waals surface area (Å²) in [6.07, 6.45) is 3.11. The van der Waals surface area contributed by atoms with E-state index in [1.54, 1.807) is 24.3 Å². The van der Waals surface area contributed by atoms with Crippen LogP contribution in [0.15, 0.2) is 54.7 Å². The van der Waals surface area contributed by atoms with Gasteiger partial charge in [0.15, 0.2) is 11.6 Å². The summed E-state index contributed by atoms with van der Waals surface area (Å²) in [6.45, 7) is 1.02. The Morgan fingerprint density at radius 1 is 1.06 bits per heavy atom. The van der Waals surface area contributed by atoms with Crippen LogP contribution in [-0.2, 0) is 11.3 Å². The molecule has 0 aliphatic heterocycles. The molecule has 0 bridgehead atoms. The van der Waals surface area contributed by atoms with E-state index >= 15 is 0 Å². The van der Waals surface area contributed by atoms with Crippen molar-refractivity contribution >= 4 is 29.0 Å². The van der Waals surface area contributed by atoms with E-state index in [0.717, 1.165) is 36.3 Å². The van der Waals surface area contributed by atoms with Gasteiger partial charge in [0.2, 0.25) is 5.95 Å². The first-order chi connectivity index (χ1) is 15.9. The van der Waals surface area contributed by atoms with Gasteiger partial charge in [0.25, 0.3) is 5.91 Å². The molecule has 0 spiro atoms. The van der Waals surface area contributed by atoms with Crippen molar-refractivity contribution in [1.29, 1.82) is 0 Å². The third-order valence-corrected chi connectivity index (χ3v) is 4.93. The second kappa shape index (κ2) is 11.3. The number of hydrogen-bond acceptors (Lipinski definition) is 7. The Kier molecular flexibility index (Phi) is 8.28. The van der Waals surface area contributed by atoms with Crippen molar-refractivity contribution < 1.29 is 14.0 Å². The lowest BCUT2D eigenvalue weighted by Crippen LogP contribution is -2.25. The number of carbonyl (C=O) groups excluding carboxylic acids is 1. The molecule has 1 amide bonds. The normalized spacial score (nSPS) is 10.8. The number of aryl methyl sites for hydroxylation is 1. The van der Waals surface area contributed by atoms with Gasteiger partial charge in [-0.3, -0.25) is 9.63 Å². The van der Waals surface area contributed by atoms with Gasteiger partial charge in [-0.2, -0.15) is 4.98 Å². The molecule has 2 aromatic carbocycles. The molecule has 0 saturated heterocycles. The van der Waals surface area contributed by atoms with Crippen LogP contribution in [0.5, 0.6) is 0 Å². The number of aromatic nitrogens is 2. The van der Waals surface area contributed by atoms with E-state index in [4.69, 9.17) is 4.84 Å². The lowest BCUT2D eigenvalue weighted by Gasteiger charge is -2.14. The van der Waals surface area contributed by atoms with Gasteiger partial charge in [-0.15, -0.1) is 0 Å². The number of hydroxylamine groups is 2. The largest absolute Gasteiger partial charge is 0.338 e. The zero-order chi connectivity index (χ0) is 23.8. The van der Waals surface area contributed by atoms with Gasteiger partial charge in [0, 0.05) is 24.0 Å². The Labute approximate surface area is 193 Å². The van der Waals surface area contributed by atoms with Crippen LogP contribution in [0.4, 0.5) is 27.5 Å². The van der Waals surface area contributed by atoms with Crippen LogP contribution in [0.25, 0.3) is 0 Å². The summed E-state index contributed by atoms with van der Waals surface area (Å²) in [6, 6.07) is 14.7. The number of carbonyl (C=O) groups is 1. The zero-order valence-corrected chi connectivity index (χ0v) is 19.3. The maximum atomic E-state index is 14.4. The Morgan fingerprint density at radius 3 is 2.52 bits per heavy atom. The van der Waals surface area contributed by atoms with E-state index in [1.165, 1.54) is 19.7 Å². The summed E-state index contributed by atoms with van der Waals surface area (Å²) in [5, 5.41) is 7.16. The highest BCUT2D eigenvalue weighted by molar-refractivity contribution is 5.94. The highest BCUT2D eigenvalue weighted by Gasteiger charge is 2.13. The number of nitrogens with zero attached hydrogens (tertiary/aromatic N) is 4. The predicted octanol–water partition coefficient (Wildman–Crippen LogP) is 4.23. The standard InChI is InChI=1S/C24H29FN6O2/c1-30(2)13-7-9-17-8-5-11-19(14-17)28-24-26-16-21(25)22(29-24)27-20-12-6-10-18(15-20)23(32)31(3)33-4/h5-6,8,10-12,14-16H,7,9,13H2,1-4H3,(H2,26,27,28,29). The van der Waals surface area contributed by atoms with Gasteiger partial charge in [0.1, 0.15) is 0 Å². The molecule has 3 aromatic rings. The Bertz CT molecular complexity index is 1090. The first-order valence-corrected chi connectivity index (χ1v) is 10.6. The number of anilines is 4. The van der Waals surface area contributed by atoms with Crippen LogP contribution >= 0.6 is 0 Å². The maximum Gasteiger partial charge on any atom is 0.277 e. The zero-order valence-electron chi connectivity index (χ0n) is 19.3. The van der Waals surface area contributed by atoms with Crippen molar-refractivity contribution in [1.82, 2.24) is 19.9 Å². The molecule has 0 saturated carbocycles. The third-order valence-electron chi connectivity index (χ3n) is 4.93. The number of nitrogens with one attached hydrogen (secondary N) is 2. The van der Waals surface area contributed by atoms with Gasteiger partial charge >= 0.3 is 0 Å². The Hall–Kier alpha value is -3.56. The molecule has 33 heavy (non-hydrogen) atoms. The second-order valence-electron chi connectivity index (χ2n) is 7.81. The third kappa shape index (κ3) is 6.96. The van der Waals surface area contributed by atoms with Crippen LogP contribution in [0, 0.1) is 5.82 Å². The van der Waals surface area contributed by atoms with E-state index in [-0.39, 0.29) is 17.7 Å². The van der Waals surface area contributed by atoms with E-state index in [1.807, 2.05) is 18.2 Å². The summed E-state index contributed by atoms with van der Waals surface area (Å²) in [4.78, 5) is 27.7. The average Bonchev–Trinajstić information content (AvgIpc) is 2.80. The lowest BCUT2D eigenvalue weighted by atomic mass is 10.1. The summed E-state index contributed by atoms with van der Waals surface area (Å²) < 4.78 is 14.4. The number of benzene rings is 2. The molecule has 0 aliphatic carbocycles. The molecule has 0 atom stereocenters. The Morgan fingerprint density at radius 2 is 1.79 bits per heavy atom. The molecule has 0 aliphatic rings. The summed E-state index contributed by atoms with van der Waals surface area (Å²) in [5.74, 6) is -0.670. The molecule has 1 aromatic heterocycles. The average molecular weight is 453 g/mol. The van der Waals surface area contributed by atoms with Crippen molar-refractivity contribution in [3.05, 3.63) is 71.7 Å². The van der Waals surface area contributed by atoms with Gasteiger partial charge in [-0.25, -0.2) is 14.4 Å². The predicted molar refractivity (Wildman–Crippen MR) is 127 cm³/mol. The van der Waals surface area contributed by atoms with Crippen molar-refractivity contribution in [2.24, 2.45) is 0 Å². The van der Waals surface area contributed by atoms with E-state index in [9.17, 15) is 9.18 Å². The fourth-order valence-electron chi connectivity index (χ4n) is 3.18. The summed E-state index contributed by atoms with van der Waals surface area (Å²) in [5.41, 5.74) is 2.93. The smallest absolute Gasteiger partial charge is 0.277 e. The van der Waals surface area contributed by atoms with E-state index in [0.29, 0.717) is 11.3 Å². The molecular formula is C24H29FN6O2. The van der Waals surface area contributed by atoms with Crippen molar-refractivity contribution in [3.8, 4) is 0 Å². The molecule has 9 heteroatoms. The van der Waals surface area contributed by atoms with Crippen molar-refractivity contribution in [3.63, 3.8) is 0 Å². The minimum atomic E-state index is -0.608. The second-order valence-corrected chi connectivity index (χ2v) is 7.81. The van der Waals surface area contributed by atoms with E-state index in [2.05, 4.69) is 45.7 Å². The van der Waals surface area contributed by atoms with Gasteiger partial charge < -0.3 is 15.5 Å². The van der Waals surface area contributed by atoms with Crippen molar-refractivity contribution in [2.45, 2.75) is 12.8 Å². The van der Waals surface area contributed by atoms with Crippen LogP contribution in [-0.4, -0.2) is 60.6 Å². The SMILES string of the molecule is CON(C)C(=O)c1cccc(Nc2nc(Nc3cccc(CCCN(C)C)c3)ncc2F)c1. The fraction of sp³-hybridized carbons (Fsp3) is 0.292. The molecular weight excluding hydrogens is 423 g/mol. The number of halogens is 1. The van der Waals surface area contributed by atoms with Crippen LogP contribution in [0.3, 0.4) is 0 Å². The van der Waals surface area contributed by atoms with Crippen LogP contribution < -0.4 is 10.6 Å². The fourth-order valence-corrected chi connectivity index (χ4v) is 3.18. The summed E-state index contributed by atoms with van der Waals surface area (Å²) in [7, 11) is 7.04. The van der Waals surface area contributed by atoms with Gasteiger partial charge in [-0.1, -0.05) is 18.2 Å². The van der Waals surface area contributed by atoms with Crippen molar-refractivity contribution in [2.75, 3.05) is 45.4 Å². The van der Waals surface area contributed by atoms with Gasteiger partial charge in [0.05, 0.1) is 13.3 Å². The monoisotopic (exact) mass is 452 g/mol. The van der Waals surface area contributed by atoms with Gasteiger partial charge in [-0.05, 0) is 69.4 Å². The van der Waals surface area contributed by atoms with Crippen LogP contribution in [0.1, 0.15) is 22.3 Å². The number of amides is 1. The number of rotatable bonds is 10. The van der Waals surface area contributed by atoms with Crippen LogP contribution in [0.2, 0.25) is 0 Å². The minimum absolute atomic E-state index is 0.000618.